The lowest BCUT2D eigenvalue weighted by atomic mass is 10.1. The molecule has 0 spiro atoms. The molecule has 108 valence electrons. The predicted molar refractivity (Wildman–Crippen MR) is 83.5 cm³/mol. The Morgan fingerprint density at radius 3 is 3.00 bits per heavy atom. The third-order valence-electron chi connectivity index (χ3n) is 3.44. The molecule has 6 heteroatoms. The van der Waals surface area contributed by atoms with E-state index in [9.17, 15) is 5.11 Å². The van der Waals surface area contributed by atoms with Crippen molar-refractivity contribution >= 4 is 27.7 Å². The second kappa shape index (κ2) is 7.11. The molecule has 1 aliphatic rings. The average molecular weight is 348 g/mol. The van der Waals surface area contributed by atoms with E-state index in [0.29, 0.717) is 5.25 Å². The predicted octanol–water partition coefficient (Wildman–Crippen LogP) is 2.53. The molecule has 1 fully saturated rings. The molecule has 0 saturated carbocycles. The highest BCUT2D eigenvalue weighted by Gasteiger charge is 2.28. The van der Waals surface area contributed by atoms with Crippen LogP contribution in [-0.4, -0.2) is 51.4 Å². The number of aliphatic hydroxyl groups is 1. The number of hydrogen-bond donors (Lipinski definition) is 1. The largest absolute Gasteiger partial charge is 0.386 e. The summed E-state index contributed by atoms with van der Waals surface area (Å²) in [5.74, 6) is 1.16. The third-order valence-corrected chi connectivity index (χ3v) is 5.50. The van der Waals surface area contributed by atoms with Gasteiger partial charge in [0.25, 0.3) is 0 Å². The fraction of sp³-hybridized carbons (Fsp3) is 0.769. The summed E-state index contributed by atoms with van der Waals surface area (Å²) in [5.41, 5.74) is 0.932. The second-order valence-corrected chi connectivity index (χ2v) is 7.46. The quantitative estimate of drug-likeness (QED) is 0.888. The van der Waals surface area contributed by atoms with Gasteiger partial charge in [0.15, 0.2) is 0 Å². The number of aliphatic hydroxyl groups excluding tert-OH is 1. The summed E-state index contributed by atoms with van der Waals surface area (Å²) in [7, 11) is 4.09. The molecule has 1 saturated heterocycles. The van der Waals surface area contributed by atoms with Gasteiger partial charge in [0.05, 0.1) is 22.9 Å². The van der Waals surface area contributed by atoms with Gasteiger partial charge in [0.2, 0.25) is 0 Å². The molecule has 4 nitrogen and oxygen atoms in total. The average Bonchev–Trinajstić information content (AvgIpc) is 2.78. The Bertz CT molecular complexity index is 405. The Morgan fingerprint density at radius 2 is 2.37 bits per heavy atom. The van der Waals surface area contributed by atoms with Crippen LogP contribution >= 0.6 is 27.7 Å². The summed E-state index contributed by atoms with van der Waals surface area (Å²) in [5, 5.41) is 15.3. The van der Waals surface area contributed by atoms with Gasteiger partial charge in [0, 0.05) is 11.8 Å². The molecule has 0 aromatic carbocycles. The van der Waals surface area contributed by atoms with E-state index in [1.54, 1.807) is 6.20 Å². The van der Waals surface area contributed by atoms with E-state index in [-0.39, 0.29) is 0 Å². The van der Waals surface area contributed by atoms with Crippen LogP contribution in [0.2, 0.25) is 0 Å². The van der Waals surface area contributed by atoms with Gasteiger partial charge in [-0.2, -0.15) is 16.9 Å². The number of nitrogens with zero attached hydrogens (tertiary/aromatic N) is 3. The molecule has 0 bridgehead atoms. The summed E-state index contributed by atoms with van der Waals surface area (Å²) in [6, 6.07) is 0. The van der Waals surface area contributed by atoms with Crippen molar-refractivity contribution in [1.82, 2.24) is 14.7 Å². The van der Waals surface area contributed by atoms with Gasteiger partial charge in [-0.15, -0.1) is 0 Å². The molecule has 19 heavy (non-hydrogen) atoms. The summed E-state index contributed by atoms with van der Waals surface area (Å²) < 4.78 is 2.86. The van der Waals surface area contributed by atoms with E-state index >= 15 is 0 Å². The molecule has 2 heterocycles. The summed E-state index contributed by atoms with van der Waals surface area (Å²) in [6.45, 7) is 1.73. The fourth-order valence-corrected chi connectivity index (χ4v) is 4.18. The minimum absolute atomic E-state index is 0.305. The van der Waals surface area contributed by atoms with Crippen LogP contribution in [-0.2, 0) is 6.54 Å². The molecule has 0 aliphatic carbocycles. The lowest BCUT2D eigenvalue weighted by molar-refractivity contribution is 0.156. The molecule has 1 N–H and O–H groups in total. The third kappa shape index (κ3) is 3.97. The van der Waals surface area contributed by atoms with Crippen LogP contribution in [0.25, 0.3) is 0 Å². The number of thioether (sulfide) groups is 1. The van der Waals surface area contributed by atoms with Crippen molar-refractivity contribution in [1.29, 1.82) is 0 Å². The van der Waals surface area contributed by atoms with E-state index in [2.05, 4.69) is 25.9 Å². The number of hydrogen-bond acceptors (Lipinski definition) is 4. The molecular formula is C13H22BrN3OS. The highest BCUT2D eigenvalue weighted by atomic mass is 79.9. The molecule has 2 atom stereocenters. The highest BCUT2D eigenvalue weighted by molar-refractivity contribution is 9.10. The standard InChI is InChI=1S/C13H22BrN3OS/c1-16(2)6-7-17-12(10(14)9-15-17)13(18)11-5-3-4-8-19-11/h9,11,13,18H,3-8H2,1-2H3. The van der Waals surface area contributed by atoms with Gasteiger partial charge in [-0.05, 0) is 48.6 Å². The lowest BCUT2D eigenvalue weighted by Crippen LogP contribution is -2.25. The Hall–Kier alpha value is -0.0400. The SMILES string of the molecule is CN(C)CCn1ncc(Br)c1C(O)C1CCCCS1. The first kappa shape index (κ1) is 15.4. The zero-order valence-corrected chi connectivity index (χ0v) is 14.0. The van der Waals surface area contributed by atoms with E-state index in [4.69, 9.17) is 0 Å². The van der Waals surface area contributed by atoms with Crippen molar-refractivity contribution in [3.8, 4) is 0 Å². The van der Waals surface area contributed by atoms with Crippen molar-refractivity contribution in [2.45, 2.75) is 37.2 Å². The smallest absolute Gasteiger partial charge is 0.109 e. The normalized spacial score (nSPS) is 21.8. The minimum atomic E-state index is -0.427. The van der Waals surface area contributed by atoms with E-state index < -0.39 is 6.10 Å². The zero-order chi connectivity index (χ0) is 13.8. The maximum Gasteiger partial charge on any atom is 0.109 e. The van der Waals surface area contributed by atoms with Crippen molar-refractivity contribution in [2.24, 2.45) is 0 Å². The van der Waals surface area contributed by atoms with Crippen molar-refractivity contribution in [2.75, 3.05) is 26.4 Å². The van der Waals surface area contributed by atoms with Crippen LogP contribution in [0.5, 0.6) is 0 Å². The molecule has 0 amide bonds. The fourth-order valence-electron chi connectivity index (χ4n) is 2.33. The van der Waals surface area contributed by atoms with Crippen LogP contribution in [0.4, 0.5) is 0 Å². The molecule has 0 radical (unpaired) electrons. The topological polar surface area (TPSA) is 41.3 Å². The Kier molecular flexibility index (Phi) is 5.74. The first-order valence-electron chi connectivity index (χ1n) is 6.75. The molecule has 1 aromatic rings. The van der Waals surface area contributed by atoms with Gasteiger partial charge in [-0.3, -0.25) is 4.68 Å². The van der Waals surface area contributed by atoms with Crippen LogP contribution < -0.4 is 0 Å². The summed E-state index contributed by atoms with van der Waals surface area (Å²) in [6.07, 6.45) is 4.95. The molecular weight excluding hydrogens is 326 g/mol. The van der Waals surface area contributed by atoms with Crippen LogP contribution in [0.15, 0.2) is 10.7 Å². The van der Waals surface area contributed by atoms with E-state index in [1.165, 1.54) is 12.8 Å². The Balaban J connectivity index is 2.10. The van der Waals surface area contributed by atoms with Crippen molar-refractivity contribution < 1.29 is 5.11 Å². The van der Waals surface area contributed by atoms with E-state index in [1.807, 2.05) is 30.5 Å². The molecule has 1 aliphatic heterocycles. The first-order chi connectivity index (χ1) is 9.09. The summed E-state index contributed by atoms with van der Waals surface area (Å²) in [4.78, 5) is 2.13. The van der Waals surface area contributed by atoms with Gasteiger partial charge < -0.3 is 10.0 Å². The molecule has 2 rings (SSSR count). The Morgan fingerprint density at radius 1 is 1.58 bits per heavy atom. The maximum absolute atomic E-state index is 10.6. The number of aromatic nitrogens is 2. The highest BCUT2D eigenvalue weighted by Crippen LogP contribution is 2.37. The first-order valence-corrected chi connectivity index (χ1v) is 8.59. The van der Waals surface area contributed by atoms with Crippen LogP contribution in [0, 0.1) is 0 Å². The number of likely N-dealkylation sites (N-methyl/N-ethyl adjacent to an activating group) is 1. The van der Waals surface area contributed by atoms with Gasteiger partial charge in [-0.25, -0.2) is 0 Å². The number of halogens is 1. The summed E-state index contributed by atoms with van der Waals surface area (Å²) >= 11 is 5.41. The van der Waals surface area contributed by atoms with Gasteiger partial charge in [0.1, 0.15) is 6.10 Å². The lowest BCUT2D eigenvalue weighted by Gasteiger charge is -2.27. The maximum atomic E-state index is 10.6. The zero-order valence-electron chi connectivity index (χ0n) is 11.5. The molecule has 1 aromatic heterocycles. The van der Waals surface area contributed by atoms with Gasteiger partial charge in [-0.1, -0.05) is 6.42 Å². The number of rotatable bonds is 5. The second-order valence-electron chi connectivity index (χ2n) is 5.25. The minimum Gasteiger partial charge on any atom is -0.386 e. The van der Waals surface area contributed by atoms with Crippen LogP contribution in [0.1, 0.15) is 31.1 Å². The van der Waals surface area contributed by atoms with E-state index in [0.717, 1.165) is 35.4 Å². The van der Waals surface area contributed by atoms with Crippen molar-refractivity contribution in [3.63, 3.8) is 0 Å². The van der Waals surface area contributed by atoms with Crippen molar-refractivity contribution in [3.05, 3.63) is 16.4 Å². The Labute approximate surface area is 127 Å². The van der Waals surface area contributed by atoms with Crippen LogP contribution in [0.3, 0.4) is 0 Å². The van der Waals surface area contributed by atoms with Gasteiger partial charge >= 0.3 is 0 Å². The molecule has 2 unspecified atom stereocenters. The monoisotopic (exact) mass is 347 g/mol.